The zero-order valence-corrected chi connectivity index (χ0v) is 13.4. The number of aromatic nitrogens is 3. The largest absolute Gasteiger partial charge is 0.334 e. The van der Waals surface area contributed by atoms with Crippen LogP contribution < -0.4 is 5.32 Å². The van der Waals surface area contributed by atoms with Crippen molar-refractivity contribution in [3.63, 3.8) is 0 Å². The number of rotatable bonds is 4. The van der Waals surface area contributed by atoms with Crippen molar-refractivity contribution in [3.05, 3.63) is 52.0 Å². The molecule has 0 amide bonds. The Morgan fingerprint density at radius 2 is 2.20 bits per heavy atom. The molecule has 124 valence electrons. The highest BCUT2D eigenvalue weighted by molar-refractivity contribution is 5.82. The minimum Gasteiger partial charge on any atom is -0.334 e. The van der Waals surface area contributed by atoms with E-state index < -0.39 is 4.92 Å². The minimum atomic E-state index is -0.599. The smallest absolute Gasteiger partial charge is 0.329 e. The summed E-state index contributed by atoms with van der Waals surface area (Å²) in [5.74, 6) is 1.65. The van der Waals surface area contributed by atoms with E-state index >= 15 is 0 Å². The Morgan fingerprint density at radius 3 is 2.88 bits per heavy atom. The predicted molar refractivity (Wildman–Crippen MR) is 91.6 cm³/mol. The van der Waals surface area contributed by atoms with Crippen molar-refractivity contribution in [2.24, 2.45) is 7.05 Å². The van der Waals surface area contributed by atoms with Crippen LogP contribution in [0.4, 0.5) is 17.2 Å². The molecular weight excluding hydrogens is 320 g/mol. The number of imidazole rings is 1. The number of nitro groups is 1. The Morgan fingerprint density at radius 1 is 1.40 bits per heavy atom. The summed E-state index contributed by atoms with van der Waals surface area (Å²) in [6.07, 6.45) is 3.71. The van der Waals surface area contributed by atoms with Crippen LogP contribution in [0.15, 0.2) is 30.5 Å². The quantitative estimate of drug-likeness (QED) is 0.578. The van der Waals surface area contributed by atoms with Gasteiger partial charge in [0, 0.05) is 24.8 Å². The highest BCUT2D eigenvalue weighted by Crippen LogP contribution is 2.40. The third kappa shape index (κ3) is 2.55. The second-order valence-corrected chi connectivity index (χ2v) is 6.06. The number of nitrogens with one attached hydrogen (secondary N) is 1. The molecule has 0 unspecified atom stereocenters. The maximum Gasteiger partial charge on any atom is 0.329 e. The van der Waals surface area contributed by atoms with Crippen molar-refractivity contribution >= 4 is 28.2 Å². The van der Waals surface area contributed by atoms with Crippen LogP contribution in [0, 0.1) is 21.4 Å². The fraction of sp³-hybridized carbons (Fsp3) is 0.235. The van der Waals surface area contributed by atoms with Gasteiger partial charge in [-0.1, -0.05) is 0 Å². The van der Waals surface area contributed by atoms with Gasteiger partial charge in [-0.2, -0.15) is 5.26 Å². The average molecular weight is 334 g/mol. The van der Waals surface area contributed by atoms with Crippen molar-refractivity contribution in [1.82, 2.24) is 14.5 Å². The van der Waals surface area contributed by atoms with Crippen LogP contribution in [0.1, 0.15) is 30.1 Å². The molecule has 3 aromatic rings. The molecule has 25 heavy (non-hydrogen) atoms. The molecule has 0 spiro atoms. The Balaban J connectivity index is 1.74. The van der Waals surface area contributed by atoms with Gasteiger partial charge < -0.3 is 9.88 Å². The van der Waals surface area contributed by atoms with Gasteiger partial charge in [-0.15, -0.1) is 0 Å². The van der Waals surface area contributed by atoms with E-state index in [9.17, 15) is 10.1 Å². The molecule has 0 radical (unpaired) electrons. The Kier molecular flexibility index (Phi) is 3.35. The normalized spacial score (nSPS) is 13.6. The van der Waals surface area contributed by atoms with Gasteiger partial charge in [0.25, 0.3) is 0 Å². The molecule has 1 aliphatic carbocycles. The zero-order chi connectivity index (χ0) is 17.6. The van der Waals surface area contributed by atoms with Crippen molar-refractivity contribution in [2.45, 2.75) is 18.8 Å². The fourth-order valence-corrected chi connectivity index (χ4v) is 2.96. The number of benzene rings is 1. The van der Waals surface area contributed by atoms with Gasteiger partial charge in [0.1, 0.15) is 17.5 Å². The first kappa shape index (κ1) is 15.1. The molecular formula is C17H14N6O2. The second kappa shape index (κ2) is 5.56. The first-order chi connectivity index (χ1) is 12.1. The molecule has 1 N–H and O–H groups in total. The van der Waals surface area contributed by atoms with Crippen LogP contribution in [0.2, 0.25) is 0 Å². The Labute approximate surface area is 142 Å². The third-order valence-electron chi connectivity index (χ3n) is 4.35. The highest BCUT2D eigenvalue weighted by atomic mass is 16.6. The Bertz CT molecular complexity index is 1050. The van der Waals surface area contributed by atoms with Crippen molar-refractivity contribution in [3.8, 4) is 6.07 Å². The monoisotopic (exact) mass is 334 g/mol. The van der Waals surface area contributed by atoms with E-state index in [1.165, 1.54) is 25.1 Å². The Hall–Kier alpha value is -3.47. The average Bonchev–Trinajstić information content (AvgIpc) is 3.39. The van der Waals surface area contributed by atoms with Crippen LogP contribution in [-0.4, -0.2) is 19.5 Å². The standard InChI is InChI=1S/C17H14N6O2/c1-22-14-5-4-12(8-13(14)21-17(22)10-2-3-10)20-16-15(23(24)25)11(9-18)6-7-19-16/h4-8,10H,2-3H2,1H3,(H,19,20). The lowest BCUT2D eigenvalue weighted by Gasteiger charge is -2.07. The molecule has 2 aromatic heterocycles. The summed E-state index contributed by atoms with van der Waals surface area (Å²) in [7, 11) is 2.00. The molecule has 0 saturated heterocycles. The topological polar surface area (TPSA) is 110 Å². The molecule has 0 bridgehead atoms. The van der Waals surface area contributed by atoms with Crippen LogP contribution >= 0.6 is 0 Å². The SMILES string of the molecule is Cn1c(C2CC2)nc2cc(Nc3nccc(C#N)c3[N+](=O)[O-])ccc21. The van der Waals surface area contributed by atoms with Crippen molar-refractivity contribution in [1.29, 1.82) is 5.26 Å². The lowest BCUT2D eigenvalue weighted by Crippen LogP contribution is -2.01. The molecule has 4 rings (SSSR count). The second-order valence-electron chi connectivity index (χ2n) is 6.06. The summed E-state index contributed by atoms with van der Waals surface area (Å²) in [6, 6.07) is 8.74. The first-order valence-electron chi connectivity index (χ1n) is 7.85. The fourth-order valence-electron chi connectivity index (χ4n) is 2.96. The van der Waals surface area contributed by atoms with E-state index in [0.717, 1.165) is 16.9 Å². The minimum absolute atomic E-state index is 0.0302. The van der Waals surface area contributed by atoms with Gasteiger partial charge in [0.15, 0.2) is 0 Å². The van der Waals surface area contributed by atoms with Gasteiger partial charge in [-0.05, 0) is 37.1 Å². The number of nitrogens with zero attached hydrogens (tertiary/aromatic N) is 5. The number of hydrogen-bond donors (Lipinski definition) is 1. The lowest BCUT2D eigenvalue weighted by molar-refractivity contribution is -0.384. The van der Waals surface area contributed by atoms with Gasteiger partial charge in [-0.25, -0.2) is 9.97 Å². The number of aryl methyl sites for hydroxylation is 1. The number of pyridine rings is 1. The number of fused-ring (bicyclic) bond motifs is 1. The third-order valence-corrected chi connectivity index (χ3v) is 4.35. The number of anilines is 2. The molecule has 1 aliphatic rings. The van der Waals surface area contributed by atoms with Crippen LogP contribution in [0.25, 0.3) is 11.0 Å². The molecule has 8 nitrogen and oxygen atoms in total. The van der Waals surface area contributed by atoms with Crippen LogP contribution in [0.5, 0.6) is 0 Å². The predicted octanol–water partition coefficient (Wildman–Crippen LogP) is 3.37. The maximum absolute atomic E-state index is 11.3. The summed E-state index contributed by atoms with van der Waals surface area (Å²) in [4.78, 5) is 19.4. The molecule has 1 aromatic carbocycles. The van der Waals surface area contributed by atoms with Gasteiger partial charge in [0.05, 0.1) is 16.0 Å². The lowest BCUT2D eigenvalue weighted by atomic mass is 10.2. The number of nitriles is 1. The van der Waals surface area contributed by atoms with E-state index in [1.54, 1.807) is 0 Å². The maximum atomic E-state index is 11.3. The van der Waals surface area contributed by atoms with Gasteiger partial charge >= 0.3 is 5.69 Å². The molecule has 1 fully saturated rings. The van der Waals surface area contributed by atoms with E-state index in [1.807, 2.05) is 31.3 Å². The summed E-state index contributed by atoms with van der Waals surface area (Å²) >= 11 is 0. The van der Waals surface area contributed by atoms with Crippen LogP contribution in [0.3, 0.4) is 0 Å². The van der Waals surface area contributed by atoms with Gasteiger partial charge in [-0.3, -0.25) is 10.1 Å². The van der Waals surface area contributed by atoms with Crippen LogP contribution in [-0.2, 0) is 7.05 Å². The molecule has 1 saturated carbocycles. The summed E-state index contributed by atoms with van der Waals surface area (Å²) in [5, 5.41) is 23.3. The van der Waals surface area contributed by atoms with E-state index in [-0.39, 0.29) is 17.1 Å². The number of hydrogen-bond acceptors (Lipinski definition) is 6. The summed E-state index contributed by atoms with van der Waals surface area (Å²) in [6.45, 7) is 0. The zero-order valence-electron chi connectivity index (χ0n) is 13.4. The molecule has 0 atom stereocenters. The first-order valence-corrected chi connectivity index (χ1v) is 7.85. The molecule has 8 heteroatoms. The molecule has 2 heterocycles. The molecule has 0 aliphatic heterocycles. The van der Waals surface area contributed by atoms with Gasteiger partial charge in [0.2, 0.25) is 5.82 Å². The van der Waals surface area contributed by atoms with E-state index in [0.29, 0.717) is 11.6 Å². The highest BCUT2D eigenvalue weighted by Gasteiger charge is 2.28. The summed E-state index contributed by atoms with van der Waals surface area (Å²) < 4.78 is 2.09. The van der Waals surface area contributed by atoms with Crippen molar-refractivity contribution in [2.75, 3.05) is 5.32 Å². The van der Waals surface area contributed by atoms with E-state index in [4.69, 9.17) is 5.26 Å². The van der Waals surface area contributed by atoms with Crippen molar-refractivity contribution < 1.29 is 4.92 Å². The van der Waals surface area contributed by atoms with E-state index in [2.05, 4.69) is 19.9 Å². The summed E-state index contributed by atoms with van der Waals surface area (Å²) in [5.41, 5.74) is 2.12.